The number of aromatic amines is 1. The molecule has 0 spiro atoms. The van der Waals surface area contributed by atoms with Crippen LogP contribution in [0.15, 0.2) is 91.0 Å². The summed E-state index contributed by atoms with van der Waals surface area (Å²) in [4.78, 5) is 10.2. The molecule has 5 aromatic rings. The average molecular weight is 724 g/mol. The van der Waals surface area contributed by atoms with Gasteiger partial charge in [0.15, 0.2) is 11.5 Å². The van der Waals surface area contributed by atoms with Gasteiger partial charge in [-0.2, -0.15) is 0 Å². The molecule has 51 heavy (non-hydrogen) atoms. The van der Waals surface area contributed by atoms with Crippen molar-refractivity contribution in [2.24, 2.45) is 0 Å². The van der Waals surface area contributed by atoms with Gasteiger partial charge < -0.3 is 28.2 Å². The Hall–Kier alpha value is -4.35. The van der Waals surface area contributed by atoms with Crippen LogP contribution in [-0.2, 0) is 32.9 Å². The number of halogens is 3. The van der Waals surface area contributed by atoms with Crippen LogP contribution >= 0.6 is 7.60 Å². The summed E-state index contributed by atoms with van der Waals surface area (Å²) in [5.74, 6) is 1.53. The van der Waals surface area contributed by atoms with Crippen molar-refractivity contribution in [1.82, 2.24) is 14.9 Å². The third-order valence-corrected chi connectivity index (χ3v) is 10.4. The number of alkyl halides is 3. The molecule has 1 N–H and O–H groups in total. The van der Waals surface area contributed by atoms with E-state index in [0.717, 1.165) is 60.2 Å². The highest BCUT2D eigenvalue weighted by molar-refractivity contribution is 7.53. The van der Waals surface area contributed by atoms with E-state index in [1.165, 1.54) is 18.2 Å². The third-order valence-electron chi connectivity index (χ3n) is 8.38. The van der Waals surface area contributed by atoms with E-state index in [-0.39, 0.29) is 18.0 Å². The second-order valence-electron chi connectivity index (χ2n) is 12.3. The molecule has 0 aliphatic carbocycles. The van der Waals surface area contributed by atoms with Crippen LogP contribution in [0.4, 0.5) is 13.2 Å². The maximum atomic E-state index is 13.0. The number of benzene rings is 4. The standard InChI is InChI=1S/C38H41F3N3O6P/c1-3-47-51(45,48-4-2)26-29-10-7-9-28(21-29)25-46-35-13-5-6-14-36(35)49-31-17-19-44(20-18-31)24-27-15-16-33-34(22-27)43-37(42-33)30-11-8-12-32(23-30)50-38(39,40)41/h5-16,21-23,31H,3-4,17-20,24-26H2,1-2H3,(H,42,43). The number of piperidine rings is 1. The van der Waals surface area contributed by atoms with Gasteiger partial charge in [-0.05, 0) is 79.8 Å². The lowest BCUT2D eigenvalue weighted by molar-refractivity contribution is -0.274. The molecule has 0 radical (unpaired) electrons. The van der Waals surface area contributed by atoms with Crippen molar-refractivity contribution in [2.45, 2.75) is 58.5 Å². The zero-order valence-corrected chi connectivity index (χ0v) is 29.4. The number of nitrogens with zero attached hydrogens (tertiary/aromatic N) is 2. The third kappa shape index (κ3) is 10.1. The summed E-state index contributed by atoms with van der Waals surface area (Å²) < 4.78 is 78.8. The van der Waals surface area contributed by atoms with Gasteiger partial charge in [-0.3, -0.25) is 9.46 Å². The zero-order valence-electron chi connectivity index (χ0n) is 28.5. The number of ether oxygens (including phenoxy) is 3. The van der Waals surface area contributed by atoms with Crippen molar-refractivity contribution < 1.29 is 41.0 Å². The monoisotopic (exact) mass is 723 g/mol. The molecule has 0 unspecified atom stereocenters. The van der Waals surface area contributed by atoms with Gasteiger partial charge in [-0.15, -0.1) is 13.2 Å². The van der Waals surface area contributed by atoms with Crippen LogP contribution in [0, 0.1) is 0 Å². The van der Waals surface area contributed by atoms with Crippen molar-refractivity contribution in [3.8, 4) is 28.6 Å². The second-order valence-corrected chi connectivity index (χ2v) is 14.3. The molecular formula is C38H41F3N3O6P. The van der Waals surface area contributed by atoms with E-state index >= 15 is 0 Å². The largest absolute Gasteiger partial charge is 0.573 e. The van der Waals surface area contributed by atoms with E-state index in [0.29, 0.717) is 42.7 Å². The highest BCUT2D eigenvalue weighted by atomic mass is 31.2. The molecule has 0 atom stereocenters. The molecule has 0 saturated carbocycles. The van der Waals surface area contributed by atoms with Gasteiger partial charge in [0.05, 0.1) is 30.4 Å². The fourth-order valence-corrected chi connectivity index (χ4v) is 7.83. The van der Waals surface area contributed by atoms with Crippen molar-refractivity contribution in [2.75, 3.05) is 26.3 Å². The van der Waals surface area contributed by atoms with E-state index < -0.39 is 14.0 Å². The fraction of sp³-hybridized carbons (Fsp3) is 0.342. The van der Waals surface area contributed by atoms with E-state index in [1.54, 1.807) is 19.9 Å². The predicted molar refractivity (Wildman–Crippen MR) is 189 cm³/mol. The van der Waals surface area contributed by atoms with Crippen molar-refractivity contribution >= 4 is 18.6 Å². The number of imidazole rings is 1. The van der Waals surface area contributed by atoms with Crippen molar-refractivity contribution in [1.29, 1.82) is 0 Å². The van der Waals surface area contributed by atoms with Gasteiger partial charge in [0.1, 0.15) is 24.3 Å². The Kier molecular flexibility index (Phi) is 11.7. The summed E-state index contributed by atoms with van der Waals surface area (Å²) in [7, 11) is -3.22. The minimum absolute atomic E-state index is 0.0373. The molecule has 1 saturated heterocycles. The molecule has 6 rings (SSSR count). The van der Waals surface area contributed by atoms with E-state index in [9.17, 15) is 17.7 Å². The molecule has 13 heteroatoms. The molecule has 2 heterocycles. The summed E-state index contributed by atoms with van der Waals surface area (Å²) in [5, 5.41) is 0. The number of likely N-dealkylation sites (tertiary alicyclic amines) is 1. The number of nitrogens with one attached hydrogen (secondary N) is 1. The lowest BCUT2D eigenvalue weighted by Crippen LogP contribution is -2.37. The predicted octanol–water partition coefficient (Wildman–Crippen LogP) is 9.52. The zero-order chi connectivity index (χ0) is 35.8. The first kappa shape index (κ1) is 36.4. The van der Waals surface area contributed by atoms with E-state index in [1.807, 2.05) is 66.7 Å². The maximum Gasteiger partial charge on any atom is 0.573 e. The second kappa shape index (κ2) is 16.3. The Morgan fingerprint density at radius 3 is 2.31 bits per heavy atom. The summed E-state index contributed by atoms with van der Waals surface area (Å²) >= 11 is 0. The molecule has 270 valence electrons. The van der Waals surface area contributed by atoms with Crippen LogP contribution in [0.3, 0.4) is 0 Å². The number of H-pyrrole nitrogens is 1. The van der Waals surface area contributed by atoms with Gasteiger partial charge >= 0.3 is 14.0 Å². The highest BCUT2D eigenvalue weighted by Crippen LogP contribution is 2.51. The summed E-state index contributed by atoms with van der Waals surface area (Å²) in [6.07, 6.45) is -2.83. The lowest BCUT2D eigenvalue weighted by atomic mass is 10.1. The van der Waals surface area contributed by atoms with Gasteiger partial charge in [-0.1, -0.05) is 54.6 Å². The van der Waals surface area contributed by atoms with Gasteiger partial charge in [0.25, 0.3) is 0 Å². The quantitative estimate of drug-likeness (QED) is 0.107. The van der Waals surface area contributed by atoms with Gasteiger partial charge in [0.2, 0.25) is 0 Å². The molecule has 1 fully saturated rings. The molecule has 4 aromatic carbocycles. The number of fused-ring (bicyclic) bond motifs is 1. The van der Waals surface area contributed by atoms with Crippen LogP contribution in [0.5, 0.6) is 17.2 Å². The molecule has 9 nitrogen and oxygen atoms in total. The fourth-order valence-electron chi connectivity index (χ4n) is 6.15. The average Bonchev–Trinajstić information content (AvgIpc) is 3.52. The minimum atomic E-state index is -4.76. The number of hydrogen-bond donors (Lipinski definition) is 1. The first-order chi connectivity index (χ1) is 24.6. The van der Waals surface area contributed by atoms with Crippen LogP contribution < -0.4 is 14.2 Å². The van der Waals surface area contributed by atoms with Crippen molar-refractivity contribution in [3.63, 3.8) is 0 Å². The number of aromatic nitrogens is 2. The molecule has 1 aromatic heterocycles. The first-order valence-corrected chi connectivity index (χ1v) is 18.7. The number of rotatable bonds is 15. The lowest BCUT2D eigenvalue weighted by Gasteiger charge is -2.32. The van der Waals surface area contributed by atoms with Gasteiger partial charge in [0, 0.05) is 25.2 Å². The highest BCUT2D eigenvalue weighted by Gasteiger charge is 2.31. The molecule has 0 amide bonds. The first-order valence-electron chi connectivity index (χ1n) is 17.0. The Balaban J connectivity index is 1.02. The molecule has 0 bridgehead atoms. The number of para-hydroxylation sites is 2. The van der Waals surface area contributed by atoms with Crippen LogP contribution in [0.25, 0.3) is 22.4 Å². The normalized spacial score (nSPS) is 14.5. The van der Waals surface area contributed by atoms with Gasteiger partial charge in [-0.25, -0.2) is 4.98 Å². The molecular weight excluding hydrogens is 682 g/mol. The van der Waals surface area contributed by atoms with E-state index in [4.69, 9.17) is 18.5 Å². The minimum Gasteiger partial charge on any atom is -0.486 e. The molecule has 1 aliphatic heterocycles. The summed E-state index contributed by atoms with van der Waals surface area (Å²) in [6.45, 7) is 7.00. The summed E-state index contributed by atoms with van der Waals surface area (Å²) in [5.41, 5.74) is 4.93. The van der Waals surface area contributed by atoms with Crippen LogP contribution in [-0.4, -0.2) is 53.6 Å². The van der Waals surface area contributed by atoms with Crippen LogP contribution in [0.2, 0.25) is 0 Å². The van der Waals surface area contributed by atoms with E-state index in [2.05, 4.69) is 19.6 Å². The number of hydrogen-bond acceptors (Lipinski definition) is 8. The molecule has 1 aliphatic rings. The SMILES string of the molecule is CCOP(=O)(Cc1cccc(COc2ccccc2OC2CCN(Cc3ccc4nc(-c5cccc(OC(F)(F)F)c5)[nH]c4c3)CC2)c1)OCC. The maximum absolute atomic E-state index is 13.0. The Bertz CT molecular complexity index is 1950. The van der Waals surface area contributed by atoms with Crippen molar-refractivity contribution in [3.05, 3.63) is 108 Å². The van der Waals surface area contributed by atoms with Crippen LogP contribution in [0.1, 0.15) is 43.4 Å². The Morgan fingerprint density at radius 2 is 1.57 bits per heavy atom. The Labute approximate surface area is 295 Å². The topological polar surface area (TPSA) is 95.1 Å². The Morgan fingerprint density at radius 1 is 0.843 bits per heavy atom. The smallest absolute Gasteiger partial charge is 0.486 e. The summed E-state index contributed by atoms with van der Waals surface area (Å²) in [6, 6.07) is 27.2.